The van der Waals surface area contributed by atoms with Crippen LogP contribution >= 0.6 is 0 Å². The Hall–Kier alpha value is -3.87. The highest BCUT2D eigenvalue weighted by Crippen LogP contribution is 2.55. The van der Waals surface area contributed by atoms with Crippen LogP contribution in [0.15, 0.2) is 66.7 Å². The van der Waals surface area contributed by atoms with Gasteiger partial charge in [0.2, 0.25) is 0 Å². The van der Waals surface area contributed by atoms with Gasteiger partial charge in [0.05, 0.1) is 18.1 Å². The van der Waals surface area contributed by atoms with E-state index in [1.54, 1.807) is 30.2 Å². The molecule has 4 rings (SSSR count). The third-order valence-corrected chi connectivity index (χ3v) is 5.87. The van der Waals surface area contributed by atoms with Crippen molar-refractivity contribution >= 4 is 17.3 Å². The molecule has 158 valence electrons. The maximum atomic E-state index is 13.7. The molecule has 0 saturated heterocycles. The zero-order valence-corrected chi connectivity index (χ0v) is 17.4. The number of methoxy groups -OCH3 is 1. The normalized spacial score (nSPS) is 16.6. The molecule has 1 heterocycles. The number of carbonyl (C=O) groups is 1. The molecule has 0 saturated carbocycles. The van der Waals surface area contributed by atoms with E-state index < -0.39 is 16.4 Å². The maximum Gasteiger partial charge on any atom is 0.269 e. The van der Waals surface area contributed by atoms with E-state index in [0.717, 1.165) is 11.3 Å². The fourth-order valence-corrected chi connectivity index (χ4v) is 4.34. The molecule has 1 aliphatic rings. The number of amides is 1. The highest BCUT2D eigenvalue weighted by molar-refractivity contribution is 6.08. The Bertz CT molecular complexity index is 1170. The number of non-ortho nitro benzene ring substituents is 1. The summed E-state index contributed by atoms with van der Waals surface area (Å²) in [4.78, 5) is 25.8. The summed E-state index contributed by atoms with van der Waals surface area (Å²) in [6, 6.07) is 17.6. The van der Waals surface area contributed by atoms with Gasteiger partial charge in [0.25, 0.3) is 11.6 Å². The Labute approximate surface area is 179 Å². The predicted octanol–water partition coefficient (Wildman–Crippen LogP) is 4.99. The minimum absolute atomic E-state index is 0.0631. The number of nitro benzene ring substituents is 1. The van der Waals surface area contributed by atoms with Gasteiger partial charge in [0.1, 0.15) is 11.5 Å². The van der Waals surface area contributed by atoms with Crippen molar-refractivity contribution in [1.29, 1.82) is 0 Å². The van der Waals surface area contributed by atoms with Gasteiger partial charge in [-0.15, -0.1) is 0 Å². The number of rotatable bonds is 4. The van der Waals surface area contributed by atoms with Crippen molar-refractivity contribution in [2.75, 3.05) is 12.0 Å². The number of anilines is 1. The van der Waals surface area contributed by atoms with Crippen LogP contribution in [0.2, 0.25) is 0 Å². The molecule has 1 aliphatic heterocycles. The average molecular weight is 418 g/mol. The molecule has 0 aromatic heterocycles. The van der Waals surface area contributed by atoms with Crippen molar-refractivity contribution in [1.82, 2.24) is 0 Å². The van der Waals surface area contributed by atoms with Gasteiger partial charge >= 0.3 is 0 Å². The summed E-state index contributed by atoms with van der Waals surface area (Å²) in [5.74, 6) is 0.329. The zero-order chi connectivity index (χ0) is 22.3. The Kier molecular flexibility index (Phi) is 4.89. The minimum atomic E-state index is -0.517. The summed E-state index contributed by atoms with van der Waals surface area (Å²) in [6.07, 6.45) is 0. The number of ether oxygens (including phenoxy) is 1. The molecule has 1 N–H and O–H groups in total. The van der Waals surface area contributed by atoms with E-state index in [1.165, 1.54) is 24.3 Å². The number of phenols is 1. The van der Waals surface area contributed by atoms with Gasteiger partial charge < -0.3 is 9.84 Å². The fraction of sp³-hybridized carbons (Fsp3) is 0.208. The van der Waals surface area contributed by atoms with E-state index in [0.29, 0.717) is 16.9 Å². The van der Waals surface area contributed by atoms with Crippen molar-refractivity contribution < 1.29 is 19.6 Å². The average Bonchev–Trinajstić information content (AvgIpc) is 3.01. The highest BCUT2D eigenvalue weighted by atomic mass is 16.6. The monoisotopic (exact) mass is 418 g/mol. The van der Waals surface area contributed by atoms with E-state index in [-0.39, 0.29) is 17.3 Å². The number of hydrogen-bond donors (Lipinski definition) is 1. The SMILES string of the molecule is COc1ccc(O)c(C2N(C(=O)c3ccc([N+](=O)[O-])cc3)c3ccccc3C2(C)C)c1. The van der Waals surface area contributed by atoms with Crippen LogP contribution in [0.25, 0.3) is 0 Å². The first-order valence-electron chi connectivity index (χ1n) is 9.80. The lowest BCUT2D eigenvalue weighted by atomic mass is 9.77. The van der Waals surface area contributed by atoms with E-state index >= 15 is 0 Å². The third kappa shape index (κ3) is 3.28. The quantitative estimate of drug-likeness (QED) is 0.476. The fourth-order valence-electron chi connectivity index (χ4n) is 4.34. The standard InChI is InChI=1S/C24H22N2O5/c1-24(2)19-6-4-5-7-20(19)25(22(24)18-14-17(31-3)12-13-21(18)27)23(28)15-8-10-16(11-9-15)26(29)30/h4-14,22,27H,1-3H3. The largest absolute Gasteiger partial charge is 0.508 e. The van der Waals surface area contributed by atoms with Crippen LogP contribution in [-0.4, -0.2) is 23.0 Å². The number of benzene rings is 3. The van der Waals surface area contributed by atoms with Gasteiger partial charge in [-0.3, -0.25) is 19.8 Å². The summed E-state index contributed by atoms with van der Waals surface area (Å²) in [5.41, 5.74) is 2.00. The molecule has 7 heteroatoms. The molecule has 0 radical (unpaired) electrons. The Balaban J connectivity index is 1.88. The second kappa shape index (κ2) is 7.43. The van der Waals surface area contributed by atoms with Crippen molar-refractivity contribution in [2.45, 2.75) is 25.3 Å². The molecule has 1 atom stereocenters. The van der Waals surface area contributed by atoms with Gasteiger partial charge in [-0.1, -0.05) is 32.0 Å². The van der Waals surface area contributed by atoms with Crippen molar-refractivity contribution in [3.8, 4) is 11.5 Å². The van der Waals surface area contributed by atoms with Gasteiger partial charge in [-0.25, -0.2) is 0 Å². The van der Waals surface area contributed by atoms with Gasteiger partial charge in [0.15, 0.2) is 0 Å². The van der Waals surface area contributed by atoms with E-state index in [2.05, 4.69) is 0 Å². The lowest BCUT2D eigenvalue weighted by molar-refractivity contribution is -0.384. The van der Waals surface area contributed by atoms with Gasteiger partial charge in [0, 0.05) is 34.4 Å². The van der Waals surface area contributed by atoms with E-state index in [4.69, 9.17) is 4.74 Å². The van der Waals surface area contributed by atoms with Crippen molar-refractivity contribution in [3.05, 3.63) is 93.5 Å². The molecule has 3 aromatic carbocycles. The number of aromatic hydroxyl groups is 1. The smallest absolute Gasteiger partial charge is 0.269 e. The molecule has 7 nitrogen and oxygen atoms in total. The van der Waals surface area contributed by atoms with Crippen LogP contribution in [0, 0.1) is 10.1 Å². The summed E-state index contributed by atoms with van der Waals surface area (Å²) < 4.78 is 5.35. The molecule has 3 aromatic rings. The molecular formula is C24H22N2O5. The van der Waals surface area contributed by atoms with Crippen LogP contribution in [0.5, 0.6) is 11.5 Å². The Morgan fingerprint density at radius 3 is 2.42 bits per heavy atom. The number of hydrogen-bond acceptors (Lipinski definition) is 5. The van der Waals surface area contributed by atoms with Crippen LogP contribution in [-0.2, 0) is 5.41 Å². The van der Waals surface area contributed by atoms with E-state index in [1.807, 2.05) is 38.1 Å². The number of carbonyl (C=O) groups excluding carboxylic acids is 1. The first-order valence-corrected chi connectivity index (χ1v) is 9.80. The third-order valence-electron chi connectivity index (χ3n) is 5.87. The number of fused-ring (bicyclic) bond motifs is 1. The molecule has 1 unspecified atom stereocenters. The van der Waals surface area contributed by atoms with Crippen LogP contribution in [0.3, 0.4) is 0 Å². The second-order valence-electron chi connectivity index (χ2n) is 8.05. The summed E-state index contributed by atoms with van der Waals surface area (Å²) in [6.45, 7) is 4.05. The Morgan fingerprint density at radius 1 is 1.10 bits per heavy atom. The minimum Gasteiger partial charge on any atom is -0.508 e. The van der Waals surface area contributed by atoms with Gasteiger partial charge in [-0.05, 0) is 42.0 Å². The molecule has 0 bridgehead atoms. The molecule has 0 spiro atoms. The molecule has 1 amide bonds. The Morgan fingerprint density at radius 2 is 1.77 bits per heavy atom. The van der Waals surface area contributed by atoms with Crippen LogP contribution < -0.4 is 9.64 Å². The lowest BCUT2D eigenvalue weighted by Crippen LogP contribution is -2.38. The van der Waals surface area contributed by atoms with Crippen molar-refractivity contribution in [2.24, 2.45) is 0 Å². The summed E-state index contributed by atoms with van der Waals surface area (Å²) in [5, 5.41) is 21.7. The zero-order valence-electron chi connectivity index (χ0n) is 17.4. The van der Waals surface area contributed by atoms with Crippen LogP contribution in [0.1, 0.15) is 41.4 Å². The lowest BCUT2D eigenvalue weighted by Gasteiger charge is -2.34. The number of phenolic OH excluding ortho intramolecular Hbond substituents is 1. The first-order chi connectivity index (χ1) is 14.8. The molecule has 0 fully saturated rings. The summed E-state index contributed by atoms with van der Waals surface area (Å²) >= 11 is 0. The summed E-state index contributed by atoms with van der Waals surface area (Å²) in [7, 11) is 1.55. The molecule has 0 aliphatic carbocycles. The van der Waals surface area contributed by atoms with E-state index in [9.17, 15) is 20.0 Å². The number of nitro groups is 1. The number of nitrogens with zero attached hydrogens (tertiary/aromatic N) is 2. The topological polar surface area (TPSA) is 92.9 Å². The maximum absolute atomic E-state index is 13.7. The number of para-hydroxylation sites is 1. The first kappa shape index (κ1) is 20.4. The van der Waals surface area contributed by atoms with Gasteiger partial charge in [-0.2, -0.15) is 0 Å². The predicted molar refractivity (Wildman–Crippen MR) is 117 cm³/mol. The molecule has 31 heavy (non-hydrogen) atoms. The highest BCUT2D eigenvalue weighted by Gasteiger charge is 2.49. The molecular weight excluding hydrogens is 396 g/mol. The second-order valence-corrected chi connectivity index (χ2v) is 8.05. The van der Waals surface area contributed by atoms with Crippen molar-refractivity contribution in [3.63, 3.8) is 0 Å². The van der Waals surface area contributed by atoms with Crippen LogP contribution in [0.4, 0.5) is 11.4 Å².